The van der Waals surface area contributed by atoms with Crippen molar-refractivity contribution < 1.29 is 8.42 Å². The Bertz CT molecular complexity index is 395. The van der Waals surface area contributed by atoms with E-state index in [9.17, 15) is 8.42 Å². The quantitative estimate of drug-likeness (QED) is 0.764. The molecule has 1 aromatic carbocycles. The maximum atomic E-state index is 11.1. The molecule has 1 rings (SSSR count). The predicted octanol–water partition coefficient (Wildman–Crippen LogP) is 1.32. The van der Waals surface area contributed by atoms with E-state index in [2.05, 4.69) is 16.8 Å². The van der Waals surface area contributed by atoms with Gasteiger partial charge in [0.1, 0.15) is 0 Å². The largest absolute Gasteiger partial charge is 0.224 e. The van der Waals surface area contributed by atoms with Crippen LogP contribution in [0, 0.1) is 0 Å². The lowest BCUT2D eigenvalue weighted by atomic mass is 10.2. The van der Waals surface area contributed by atoms with Gasteiger partial charge in [-0.2, -0.15) is 0 Å². The molecule has 0 spiro atoms. The van der Waals surface area contributed by atoms with Gasteiger partial charge in [-0.25, -0.2) is 12.8 Å². The first-order valence-corrected chi connectivity index (χ1v) is 5.88. The maximum absolute atomic E-state index is 11.1. The Morgan fingerprint density at radius 3 is 2.23 bits per heavy atom. The van der Waals surface area contributed by atoms with Crippen LogP contribution in [-0.2, 0) is 28.8 Å². The van der Waals surface area contributed by atoms with Gasteiger partial charge in [0.25, 0.3) is 0 Å². The molecule has 0 aliphatic rings. The molecule has 0 aliphatic heterocycles. The summed E-state index contributed by atoms with van der Waals surface area (Å²) in [7, 11) is -3.09. The standard InChI is InChI=1S/C8H9NO2S2/c1-13(10,11)8-4-2-7(3-5-8)6-9-12/h2-5H,6H2,1H3. The second kappa shape index (κ2) is 3.93. The average Bonchev–Trinajstić information content (AvgIpc) is 2.04. The Morgan fingerprint density at radius 2 is 1.85 bits per heavy atom. The Hall–Kier alpha value is -0.810. The maximum Gasteiger partial charge on any atom is 0.175 e. The number of hydrogen-bond acceptors (Lipinski definition) is 4. The van der Waals surface area contributed by atoms with Gasteiger partial charge in [-0.3, -0.25) is 0 Å². The van der Waals surface area contributed by atoms with E-state index >= 15 is 0 Å². The Balaban J connectivity index is 3.01. The van der Waals surface area contributed by atoms with Gasteiger partial charge in [-0.05, 0) is 17.7 Å². The monoisotopic (exact) mass is 215 g/mol. The van der Waals surface area contributed by atoms with Crippen LogP contribution in [0.3, 0.4) is 0 Å². The molecule has 0 N–H and O–H groups in total. The van der Waals surface area contributed by atoms with E-state index in [1.165, 1.54) is 6.26 Å². The van der Waals surface area contributed by atoms with Crippen molar-refractivity contribution in [3.63, 3.8) is 0 Å². The summed E-state index contributed by atoms with van der Waals surface area (Å²) in [5, 5.41) is 0. The zero-order valence-electron chi connectivity index (χ0n) is 7.10. The first-order chi connectivity index (χ1) is 6.04. The molecule has 0 radical (unpaired) electrons. The second-order valence-electron chi connectivity index (χ2n) is 2.70. The van der Waals surface area contributed by atoms with Gasteiger partial charge < -0.3 is 0 Å². The first-order valence-electron chi connectivity index (χ1n) is 3.62. The predicted molar refractivity (Wildman–Crippen MR) is 53.0 cm³/mol. The van der Waals surface area contributed by atoms with Gasteiger partial charge in [-0.1, -0.05) is 12.1 Å². The lowest BCUT2D eigenvalue weighted by molar-refractivity contribution is 0.602. The van der Waals surface area contributed by atoms with Crippen molar-refractivity contribution in [2.75, 3.05) is 6.26 Å². The normalized spacial score (nSPS) is 11.2. The summed E-state index contributed by atoms with van der Waals surface area (Å²) in [5.41, 5.74) is 0.919. The number of rotatable bonds is 3. The molecule has 70 valence electrons. The molecule has 0 heterocycles. The van der Waals surface area contributed by atoms with E-state index < -0.39 is 9.84 Å². The van der Waals surface area contributed by atoms with Crippen LogP contribution in [0.5, 0.6) is 0 Å². The third kappa shape index (κ3) is 2.86. The fraction of sp³-hybridized carbons (Fsp3) is 0.250. The molecule has 0 aromatic heterocycles. The molecule has 0 atom stereocenters. The topological polar surface area (TPSA) is 46.5 Å². The van der Waals surface area contributed by atoms with Crippen LogP contribution >= 0.6 is 0 Å². The van der Waals surface area contributed by atoms with E-state index in [0.717, 1.165) is 5.56 Å². The molecule has 0 fully saturated rings. The van der Waals surface area contributed by atoms with Crippen LogP contribution in [0.1, 0.15) is 5.56 Å². The number of benzene rings is 1. The Labute approximate surface area is 82.9 Å². The molecule has 0 saturated carbocycles. The molecular weight excluding hydrogens is 206 g/mol. The van der Waals surface area contributed by atoms with Crippen LogP contribution in [0.4, 0.5) is 0 Å². The molecule has 3 nitrogen and oxygen atoms in total. The van der Waals surface area contributed by atoms with Gasteiger partial charge in [0.15, 0.2) is 9.84 Å². The minimum Gasteiger partial charge on any atom is -0.224 e. The van der Waals surface area contributed by atoms with Gasteiger partial charge in [0, 0.05) is 18.7 Å². The van der Waals surface area contributed by atoms with Crippen molar-refractivity contribution in [2.45, 2.75) is 11.4 Å². The van der Waals surface area contributed by atoms with Crippen LogP contribution in [0.15, 0.2) is 33.5 Å². The molecule has 0 bridgehead atoms. The summed E-state index contributed by atoms with van der Waals surface area (Å²) in [5.74, 6) is 0. The van der Waals surface area contributed by atoms with E-state index in [1.54, 1.807) is 24.3 Å². The second-order valence-corrected chi connectivity index (χ2v) is 4.98. The van der Waals surface area contributed by atoms with Crippen molar-refractivity contribution in [1.82, 2.24) is 0 Å². The van der Waals surface area contributed by atoms with E-state index in [4.69, 9.17) is 0 Å². The van der Waals surface area contributed by atoms with Gasteiger partial charge in [-0.15, -0.1) is 0 Å². The van der Waals surface area contributed by atoms with E-state index in [1.807, 2.05) is 0 Å². The Morgan fingerprint density at radius 1 is 1.31 bits per heavy atom. The molecular formula is C8H9NO2S2. The highest BCUT2D eigenvalue weighted by Gasteiger charge is 2.05. The minimum absolute atomic E-state index is 0.320. The van der Waals surface area contributed by atoms with E-state index in [0.29, 0.717) is 11.4 Å². The van der Waals surface area contributed by atoms with Crippen LogP contribution < -0.4 is 0 Å². The van der Waals surface area contributed by atoms with Crippen molar-refractivity contribution in [1.29, 1.82) is 0 Å². The number of nitrogens with zero attached hydrogens (tertiary/aromatic N) is 1. The molecule has 5 heteroatoms. The van der Waals surface area contributed by atoms with Gasteiger partial charge in [0.2, 0.25) is 0 Å². The van der Waals surface area contributed by atoms with Crippen LogP contribution in [-0.4, -0.2) is 14.7 Å². The summed E-state index contributed by atoms with van der Waals surface area (Å²) in [6.07, 6.45) is 1.18. The summed E-state index contributed by atoms with van der Waals surface area (Å²) >= 11 is 4.45. The lowest BCUT2D eigenvalue weighted by Gasteiger charge is -1.98. The zero-order valence-corrected chi connectivity index (χ0v) is 8.73. The highest BCUT2D eigenvalue weighted by molar-refractivity contribution is 7.90. The highest BCUT2D eigenvalue weighted by atomic mass is 32.2. The van der Waals surface area contributed by atoms with Crippen LogP contribution in [0.2, 0.25) is 0 Å². The average molecular weight is 215 g/mol. The fourth-order valence-corrected chi connectivity index (χ4v) is 1.70. The first kappa shape index (κ1) is 10.3. The van der Waals surface area contributed by atoms with E-state index in [-0.39, 0.29) is 0 Å². The highest BCUT2D eigenvalue weighted by Crippen LogP contribution is 2.10. The zero-order chi connectivity index (χ0) is 9.90. The molecule has 1 aromatic rings. The third-order valence-electron chi connectivity index (χ3n) is 1.60. The van der Waals surface area contributed by atoms with Crippen LogP contribution in [0.25, 0.3) is 0 Å². The SMILES string of the molecule is CS(=O)(=O)c1ccc(CN=S)cc1. The minimum atomic E-state index is -3.09. The van der Waals surface area contributed by atoms with Crippen molar-refractivity contribution >= 4 is 22.3 Å². The summed E-state index contributed by atoms with van der Waals surface area (Å²) < 4.78 is 25.6. The molecule has 0 aliphatic carbocycles. The number of hydrogen-bond donors (Lipinski definition) is 0. The molecule has 13 heavy (non-hydrogen) atoms. The fourth-order valence-electron chi connectivity index (χ4n) is 0.917. The van der Waals surface area contributed by atoms with Crippen molar-refractivity contribution in [3.8, 4) is 0 Å². The number of sulfone groups is 1. The molecule has 0 unspecified atom stereocenters. The summed E-state index contributed by atoms with van der Waals surface area (Å²) in [4.78, 5) is 0.320. The molecule has 0 amide bonds. The van der Waals surface area contributed by atoms with Gasteiger partial charge >= 0.3 is 0 Å². The van der Waals surface area contributed by atoms with Crippen molar-refractivity contribution in [2.24, 2.45) is 4.36 Å². The third-order valence-corrected chi connectivity index (χ3v) is 2.86. The summed E-state index contributed by atoms with van der Waals surface area (Å²) in [6.45, 7) is 0.444. The lowest BCUT2D eigenvalue weighted by Crippen LogP contribution is -1.96. The van der Waals surface area contributed by atoms with Crippen molar-refractivity contribution in [3.05, 3.63) is 29.8 Å². The summed E-state index contributed by atoms with van der Waals surface area (Å²) in [6, 6.07) is 6.55. The van der Waals surface area contributed by atoms with Gasteiger partial charge in [0.05, 0.1) is 11.4 Å². The molecule has 0 saturated heterocycles. The Kier molecular flexibility index (Phi) is 3.11. The smallest absolute Gasteiger partial charge is 0.175 e.